The molecule has 2 saturated carbocycles. The van der Waals surface area contributed by atoms with Crippen LogP contribution in [0.25, 0.3) is 10.9 Å². The highest BCUT2D eigenvalue weighted by Crippen LogP contribution is 2.41. The number of halogens is 1. The lowest BCUT2D eigenvalue weighted by Gasteiger charge is -2.37. The summed E-state index contributed by atoms with van der Waals surface area (Å²) in [5.74, 6) is -1.29. The van der Waals surface area contributed by atoms with Crippen LogP contribution in [0.5, 0.6) is 0 Å². The SMILES string of the molecule is O=C(O)N[C@H](CF)C1CCC(C(=O)N2CC[C@@H](C3CCCCC3)[C@H]2C(=O)Nc2ccc3[nH]c(C(=O)NS(=O)(=O)N4CCOCC4)cc3c2)CC1. The fourth-order valence-electron chi connectivity index (χ4n) is 8.47. The van der Waals surface area contributed by atoms with Gasteiger partial charge >= 0.3 is 16.3 Å². The fourth-order valence-corrected chi connectivity index (χ4v) is 9.58. The summed E-state index contributed by atoms with van der Waals surface area (Å²) in [4.78, 5) is 56.9. The van der Waals surface area contributed by atoms with Crippen LogP contribution in [0, 0.1) is 23.7 Å². The van der Waals surface area contributed by atoms with Crippen LogP contribution in [0.4, 0.5) is 14.9 Å². The van der Waals surface area contributed by atoms with Crippen molar-refractivity contribution in [3.8, 4) is 0 Å². The van der Waals surface area contributed by atoms with Crippen molar-refractivity contribution in [1.29, 1.82) is 0 Å². The van der Waals surface area contributed by atoms with Crippen molar-refractivity contribution >= 4 is 50.6 Å². The third-order valence-electron chi connectivity index (χ3n) is 11.1. The summed E-state index contributed by atoms with van der Waals surface area (Å²) in [5.41, 5.74) is 1.12. The van der Waals surface area contributed by atoms with Crippen LogP contribution >= 0.6 is 0 Å². The minimum absolute atomic E-state index is 0.0194. The van der Waals surface area contributed by atoms with Crippen molar-refractivity contribution in [3.05, 3.63) is 30.0 Å². The number of aromatic amines is 1. The number of morpholine rings is 1. The van der Waals surface area contributed by atoms with Crippen LogP contribution in [0.3, 0.4) is 0 Å². The van der Waals surface area contributed by atoms with E-state index < -0.39 is 41.0 Å². The van der Waals surface area contributed by atoms with Crippen molar-refractivity contribution in [2.24, 2.45) is 23.7 Å². The van der Waals surface area contributed by atoms with Gasteiger partial charge < -0.3 is 30.4 Å². The zero-order valence-electron chi connectivity index (χ0n) is 28.1. The minimum Gasteiger partial charge on any atom is -0.465 e. The van der Waals surface area contributed by atoms with Crippen LogP contribution in [-0.4, -0.2) is 103 Å². The Morgan fingerprint density at radius 1 is 0.960 bits per heavy atom. The molecule has 16 heteroatoms. The lowest BCUT2D eigenvalue weighted by molar-refractivity contribution is -0.142. The predicted octanol–water partition coefficient (Wildman–Crippen LogP) is 3.62. The highest BCUT2D eigenvalue weighted by molar-refractivity contribution is 7.87. The molecule has 4 fully saturated rings. The molecule has 3 heterocycles. The Balaban J connectivity index is 1.15. The standard InChI is InChI=1S/C34H47FN6O8S/c35-20-29(38-34(45)46)22-6-8-23(9-7-22)33(44)41-13-12-26(21-4-2-1-3-5-21)30(41)32(43)36-25-10-11-27-24(18-25)19-28(37-27)31(42)39-50(47,48)40-14-16-49-17-15-40/h10-11,18-19,21-23,26,29-30,37-38H,1-9,12-17,20H2,(H,36,43)(H,39,42)(H,45,46)/t22?,23?,26-,29+,30-/m0/s1. The summed E-state index contributed by atoms with van der Waals surface area (Å²) in [6.45, 7) is 0.487. The number of rotatable bonds is 10. The van der Waals surface area contributed by atoms with Crippen molar-refractivity contribution in [2.45, 2.75) is 76.3 Å². The quantitative estimate of drug-likeness (QED) is 0.246. The molecule has 274 valence electrons. The predicted molar refractivity (Wildman–Crippen MR) is 182 cm³/mol. The van der Waals surface area contributed by atoms with Crippen molar-refractivity contribution in [1.82, 2.24) is 24.2 Å². The van der Waals surface area contributed by atoms with Gasteiger partial charge in [0.1, 0.15) is 18.4 Å². The molecule has 3 atom stereocenters. The Morgan fingerprint density at radius 2 is 1.68 bits per heavy atom. The number of hydrogen-bond acceptors (Lipinski definition) is 7. The fraction of sp³-hybridized carbons (Fsp3) is 0.647. The van der Waals surface area contributed by atoms with Gasteiger partial charge in [-0.1, -0.05) is 32.1 Å². The minimum atomic E-state index is -4.04. The maximum Gasteiger partial charge on any atom is 0.404 e. The second kappa shape index (κ2) is 15.6. The molecule has 2 saturated heterocycles. The van der Waals surface area contributed by atoms with Gasteiger partial charge in [0.25, 0.3) is 5.91 Å². The summed E-state index contributed by atoms with van der Waals surface area (Å²) in [7, 11) is -4.04. The molecule has 5 N–H and O–H groups in total. The van der Waals surface area contributed by atoms with E-state index in [1.54, 1.807) is 23.1 Å². The molecule has 50 heavy (non-hydrogen) atoms. The van der Waals surface area contributed by atoms with Gasteiger partial charge in [0.2, 0.25) is 11.8 Å². The highest BCUT2D eigenvalue weighted by atomic mass is 32.2. The van der Waals surface area contributed by atoms with Crippen LogP contribution in [-0.2, 0) is 24.5 Å². The number of ether oxygens (including phenoxy) is 1. The number of benzene rings is 1. The number of alkyl halides is 1. The normalized spacial score (nSPS) is 26.0. The van der Waals surface area contributed by atoms with Crippen LogP contribution < -0.4 is 15.4 Å². The number of nitrogens with one attached hydrogen (secondary N) is 4. The molecule has 2 aromatic rings. The molecule has 0 spiro atoms. The monoisotopic (exact) mass is 718 g/mol. The van der Waals surface area contributed by atoms with Gasteiger partial charge in [-0.2, -0.15) is 12.7 Å². The first-order valence-electron chi connectivity index (χ1n) is 17.7. The molecule has 14 nitrogen and oxygen atoms in total. The number of H-pyrrole nitrogens is 1. The number of hydrogen-bond donors (Lipinski definition) is 5. The maximum atomic E-state index is 14.1. The van der Waals surface area contributed by atoms with E-state index in [-0.39, 0.29) is 61.6 Å². The number of carbonyl (C=O) groups excluding carboxylic acids is 3. The number of carbonyl (C=O) groups is 4. The van der Waals surface area contributed by atoms with Crippen LogP contribution in [0.2, 0.25) is 0 Å². The first kappa shape index (κ1) is 36.0. The molecule has 6 rings (SSSR count). The second-order valence-corrected chi connectivity index (χ2v) is 15.7. The van der Waals surface area contributed by atoms with E-state index >= 15 is 0 Å². The Labute approximate surface area is 291 Å². The molecule has 4 aliphatic rings. The van der Waals surface area contributed by atoms with E-state index in [4.69, 9.17) is 9.84 Å². The average Bonchev–Trinajstić information content (AvgIpc) is 3.76. The molecule has 1 aromatic carbocycles. The van der Waals surface area contributed by atoms with Gasteiger partial charge in [-0.15, -0.1) is 0 Å². The van der Waals surface area contributed by atoms with E-state index in [1.165, 1.54) is 12.5 Å². The van der Waals surface area contributed by atoms with Gasteiger partial charge in [-0.3, -0.25) is 14.4 Å². The maximum absolute atomic E-state index is 14.1. The van der Waals surface area contributed by atoms with E-state index in [9.17, 15) is 32.0 Å². The number of fused-ring (bicyclic) bond motifs is 1. The Bertz CT molecular complexity index is 1670. The topological polar surface area (TPSA) is 190 Å². The third-order valence-corrected chi connectivity index (χ3v) is 12.6. The molecule has 2 aliphatic heterocycles. The van der Waals surface area contributed by atoms with Crippen LogP contribution in [0.15, 0.2) is 24.3 Å². The number of amides is 4. The Morgan fingerprint density at radius 3 is 2.36 bits per heavy atom. The lowest BCUT2D eigenvalue weighted by Crippen LogP contribution is -2.50. The largest absolute Gasteiger partial charge is 0.465 e. The van der Waals surface area contributed by atoms with E-state index in [0.717, 1.165) is 36.4 Å². The summed E-state index contributed by atoms with van der Waals surface area (Å²) >= 11 is 0. The van der Waals surface area contributed by atoms with Gasteiger partial charge in [0, 0.05) is 42.1 Å². The lowest BCUT2D eigenvalue weighted by atomic mass is 9.76. The van der Waals surface area contributed by atoms with Gasteiger partial charge in [-0.25, -0.2) is 13.9 Å². The summed E-state index contributed by atoms with van der Waals surface area (Å²) in [6, 6.07) is 5.20. The van der Waals surface area contributed by atoms with E-state index in [1.807, 2.05) is 0 Å². The van der Waals surface area contributed by atoms with E-state index in [2.05, 4.69) is 20.3 Å². The van der Waals surface area contributed by atoms with E-state index in [0.29, 0.717) is 54.7 Å². The number of likely N-dealkylation sites (tertiary alicyclic amines) is 1. The Hall–Kier alpha value is -3.76. The number of carboxylic acid groups (broad SMARTS) is 1. The Kier molecular flexibility index (Phi) is 11.3. The average molecular weight is 719 g/mol. The molecule has 1 aromatic heterocycles. The molecular weight excluding hydrogens is 671 g/mol. The zero-order chi connectivity index (χ0) is 35.4. The van der Waals surface area contributed by atoms with Gasteiger partial charge in [0.15, 0.2) is 0 Å². The van der Waals surface area contributed by atoms with Crippen molar-refractivity contribution in [2.75, 3.05) is 44.8 Å². The third kappa shape index (κ3) is 8.07. The molecule has 2 aliphatic carbocycles. The van der Waals surface area contributed by atoms with Gasteiger partial charge in [0.05, 0.1) is 19.3 Å². The summed E-state index contributed by atoms with van der Waals surface area (Å²) < 4.78 is 47.5. The van der Waals surface area contributed by atoms with Gasteiger partial charge in [-0.05, 0) is 74.1 Å². The van der Waals surface area contributed by atoms with Crippen molar-refractivity contribution in [3.63, 3.8) is 0 Å². The smallest absolute Gasteiger partial charge is 0.404 e. The molecule has 0 bridgehead atoms. The number of nitrogens with zero attached hydrogens (tertiary/aromatic N) is 2. The molecular formula is C34H47FN6O8S. The molecule has 0 radical (unpaired) electrons. The highest BCUT2D eigenvalue weighted by Gasteiger charge is 2.47. The van der Waals surface area contributed by atoms with Crippen molar-refractivity contribution < 1.29 is 41.8 Å². The number of aromatic nitrogens is 1. The molecule has 4 amide bonds. The first-order valence-corrected chi connectivity index (χ1v) is 19.2. The van der Waals surface area contributed by atoms with Crippen LogP contribution in [0.1, 0.15) is 74.7 Å². The molecule has 0 unspecified atom stereocenters. The zero-order valence-corrected chi connectivity index (χ0v) is 28.9. The second-order valence-electron chi connectivity index (χ2n) is 14.1. The first-order chi connectivity index (χ1) is 24.0. The summed E-state index contributed by atoms with van der Waals surface area (Å²) in [6.07, 6.45) is 6.94. The summed E-state index contributed by atoms with van der Waals surface area (Å²) in [5, 5.41) is 15.0. The number of anilines is 1.